The molecule has 2 aromatic rings. The lowest BCUT2D eigenvalue weighted by Gasteiger charge is -2.29. The maximum atomic E-state index is 12.0. The number of rotatable bonds is 4. The summed E-state index contributed by atoms with van der Waals surface area (Å²) in [6, 6.07) is 14.9. The Kier molecular flexibility index (Phi) is 5.13. The lowest BCUT2D eigenvalue weighted by molar-refractivity contribution is -0.222. The molecule has 5 nitrogen and oxygen atoms in total. The van der Waals surface area contributed by atoms with Crippen molar-refractivity contribution in [3.05, 3.63) is 69.7 Å². The standard InChI is InChI=1S/C20H17BrO5/c1-20(2)25-18(22)17(19(23)26-20)11-13-6-8-16(9-7-13)24-12-14-4-3-5-15(21)10-14/h3-11H,12H2,1-2H3. The van der Waals surface area contributed by atoms with Crippen molar-refractivity contribution in [2.24, 2.45) is 0 Å². The molecule has 0 N–H and O–H groups in total. The van der Waals surface area contributed by atoms with Gasteiger partial charge in [-0.25, -0.2) is 9.59 Å². The van der Waals surface area contributed by atoms with E-state index in [4.69, 9.17) is 14.2 Å². The first kappa shape index (κ1) is 18.2. The minimum Gasteiger partial charge on any atom is -0.489 e. The van der Waals surface area contributed by atoms with Crippen LogP contribution in [0.25, 0.3) is 6.08 Å². The second kappa shape index (κ2) is 7.33. The second-order valence-corrected chi connectivity index (χ2v) is 7.14. The van der Waals surface area contributed by atoms with Crippen molar-refractivity contribution < 1.29 is 23.8 Å². The molecule has 0 aromatic heterocycles. The second-order valence-electron chi connectivity index (χ2n) is 6.22. The molecule has 134 valence electrons. The van der Waals surface area contributed by atoms with Crippen LogP contribution in [0.4, 0.5) is 0 Å². The molecule has 1 aliphatic rings. The summed E-state index contributed by atoms with van der Waals surface area (Å²) in [5.41, 5.74) is 1.58. The summed E-state index contributed by atoms with van der Waals surface area (Å²) in [5, 5.41) is 0. The van der Waals surface area contributed by atoms with Gasteiger partial charge in [0.25, 0.3) is 5.79 Å². The van der Waals surface area contributed by atoms with Crippen LogP contribution in [-0.2, 0) is 25.7 Å². The maximum absolute atomic E-state index is 12.0. The van der Waals surface area contributed by atoms with Crippen LogP contribution in [0, 0.1) is 0 Å². The highest BCUT2D eigenvalue weighted by Crippen LogP contribution is 2.25. The van der Waals surface area contributed by atoms with Gasteiger partial charge in [-0.1, -0.05) is 40.2 Å². The number of benzene rings is 2. The van der Waals surface area contributed by atoms with E-state index in [9.17, 15) is 9.59 Å². The Balaban J connectivity index is 1.68. The van der Waals surface area contributed by atoms with Gasteiger partial charge in [-0.15, -0.1) is 0 Å². The third kappa shape index (κ3) is 4.52. The van der Waals surface area contributed by atoms with Crippen molar-refractivity contribution in [1.29, 1.82) is 0 Å². The molecule has 1 fully saturated rings. The summed E-state index contributed by atoms with van der Waals surface area (Å²) >= 11 is 3.42. The molecular weight excluding hydrogens is 400 g/mol. The molecule has 1 aliphatic heterocycles. The fourth-order valence-electron chi connectivity index (χ4n) is 2.40. The third-order valence-corrected chi connectivity index (χ3v) is 4.10. The molecule has 6 heteroatoms. The Bertz CT molecular complexity index is 846. The van der Waals surface area contributed by atoms with Crippen molar-refractivity contribution in [2.75, 3.05) is 0 Å². The van der Waals surface area contributed by atoms with Gasteiger partial charge in [-0.3, -0.25) is 0 Å². The van der Waals surface area contributed by atoms with E-state index >= 15 is 0 Å². The molecule has 0 saturated carbocycles. The molecule has 0 aliphatic carbocycles. The van der Waals surface area contributed by atoms with E-state index in [-0.39, 0.29) is 5.57 Å². The molecular formula is C20H17BrO5. The van der Waals surface area contributed by atoms with Gasteiger partial charge in [0.15, 0.2) is 0 Å². The normalized spacial score (nSPS) is 15.9. The van der Waals surface area contributed by atoms with Gasteiger partial charge < -0.3 is 14.2 Å². The van der Waals surface area contributed by atoms with Gasteiger partial charge in [-0.05, 0) is 41.5 Å². The zero-order chi connectivity index (χ0) is 18.7. The van der Waals surface area contributed by atoms with Crippen molar-refractivity contribution in [3.8, 4) is 5.75 Å². The summed E-state index contributed by atoms with van der Waals surface area (Å²) in [5.74, 6) is -1.94. The van der Waals surface area contributed by atoms with E-state index in [2.05, 4.69) is 15.9 Å². The van der Waals surface area contributed by atoms with Gasteiger partial charge in [0.05, 0.1) is 0 Å². The van der Waals surface area contributed by atoms with Crippen molar-refractivity contribution in [3.63, 3.8) is 0 Å². The van der Waals surface area contributed by atoms with Crippen LogP contribution in [0.15, 0.2) is 58.6 Å². The zero-order valence-electron chi connectivity index (χ0n) is 14.3. The highest BCUT2D eigenvalue weighted by atomic mass is 79.9. The van der Waals surface area contributed by atoms with Gasteiger partial charge in [0, 0.05) is 18.3 Å². The van der Waals surface area contributed by atoms with Crippen molar-refractivity contribution in [2.45, 2.75) is 26.2 Å². The first-order valence-corrected chi connectivity index (χ1v) is 8.77. The van der Waals surface area contributed by atoms with Gasteiger partial charge in [0.1, 0.15) is 17.9 Å². The zero-order valence-corrected chi connectivity index (χ0v) is 15.9. The molecule has 1 saturated heterocycles. The summed E-state index contributed by atoms with van der Waals surface area (Å²) in [6.07, 6.45) is 1.44. The summed E-state index contributed by atoms with van der Waals surface area (Å²) in [6.45, 7) is 3.46. The van der Waals surface area contributed by atoms with Crippen LogP contribution in [0.5, 0.6) is 5.75 Å². The number of ether oxygens (including phenoxy) is 3. The molecule has 0 spiro atoms. The predicted molar refractivity (Wildman–Crippen MR) is 99.2 cm³/mol. The number of carbonyl (C=O) groups excluding carboxylic acids is 2. The molecule has 0 radical (unpaired) electrons. The summed E-state index contributed by atoms with van der Waals surface area (Å²) in [7, 11) is 0. The van der Waals surface area contributed by atoms with E-state index < -0.39 is 17.7 Å². The third-order valence-electron chi connectivity index (χ3n) is 3.60. The molecule has 2 aromatic carbocycles. The van der Waals surface area contributed by atoms with Crippen LogP contribution in [-0.4, -0.2) is 17.7 Å². The SMILES string of the molecule is CC1(C)OC(=O)C(=Cc2ccc(OCc3cccc(Br)c3)cc2)C(=O)O1. The Morgan fingerprint density at radius 1 is 1.04 bits per heavy atom. The molecule has 0 atom stereocenters. The summed E-state index contributed by atoms with van der Waals surface area (Å²) < 4.78 is 16.9. The van der Waals surface area contributed by atoms with Crippen LogP contribution in [0.1, 0.15) is 25.0 Å². The monoisotopic (exact) mass is 416 g/mol. The number of carbonyl (C=O) groups is 2. The van der Waals surface area contributed by atoms with Gasteiger partial charge in [0.2, 0.25) is 0 Å². The van der Waals surface area contributed by atoms with E-state index in [1.165, 1.54) is 19.9 Å². The topological polar surface area (TPSA) is 61.8 Å². The predicted octanol–water partition coefficient (Wildman–Crippen LogP) is 4.25. The first-order chi connectivity index (χ1) is 12.3. The number of hydrogen-bond donors (Lipinski definition) is 0. The minimum absolute atomic E-state index is 0.132. The number of hydrogen-bond acceptors (Lipinski definition) is 5. The average molecular weight is 417 g/mol. The van der Waals surface area contributed by atoms with Crippen LogP contribution < -0.4 is 4.74 Å². The Labute approximate surface area is 159 Å². The fraction of sp³-hybridized carbons (Fsp3) is 0.200. The van der Waals surface area contributed by atoms with Crippen LogP contribution in [0.3, 0.4) is 0 Å². The Morgan fingerprint density at radius 3 is 2.31 bits per heavy atom. The largest absolute Gasteiger partial charge is 0.489 e. The number of esters is 2. The van der Waals surface area contributed by atoms with E-state index in [1.807, 2.05) is 24.3 Å². The van der Waals surface area contributed by atoms with Crippen LogP contribution >= 0.6 is 15.9 Å². The van der Waals surface area contributed by atoms with Gasteiger partial charge >= 0.3 is 11.9 Å². The molecule has 0 bridgehead atoms. The lowest BCUT2D eigenvalue weighted by Crippen LogP contribution is -2.41. The highest BCUT2D eigenvalue weighted by Gasteiger charge is 2.38. The number of cyclic esters (lactones) is 2. The quantitative estimate of drug-likeness (QED) is 0.423. The molecule has 3 rings (SSSR count). The average Bonchev–Trinajstić information content (AvgIpc) is 2.57. The van der Waals surface area contributed by atoms with Crippen molar-refractivity contribution >= 4 is 33.9 Å². The Morgan fingerprint density at radius 2 is 1.69 bits per heavy atom. The summed E-state index contributed by atoms with van der Waals surface area (Å²) in [4.78, 5) is 23.9. The van der Waals surface area contributed by atoms with E-state index in [1.54, 1.807) is 24.3 Å². The highest BCUT2D eigenvalue weighted by molar-refractivity contribution is 9.10. The van der Waals surface area contributed by atoms with E-state index in [0.29, 0.717) is 17.9 Å². The molecule has 1 heterocycles. The molecule has 26 heavy (non-hydrogen) atoms. The molecule has 0 amide bonds. The van der Waals surface area contributed by atoms with E-state index in [0.717, 1.165) is 10.0 Å². The van der Waals surface area contributed by atoms with Crippen LogP contribution in [0.2, 0.25) is 0 Å². The van der Waals surface area contributed by atoms with Crippen molar-refractivity contribution in [1.82, 2.24) is 0 Å². The van der Waals surface area contributed by atoms with Gasteiger partial charge in [-0.2, -0.15) is 0 Å². The first-order valence-electron chi connectivity index (χ1n) is 7.98. The smallest absolute Gasteiger partial charge is 0.348 e. The maximum Gasteiger partial charge on any atom is 0.348 e. The Hall–Kier alpha value is -2.60. The molecule has 0 unspecified atom stereocenters. The lowest BCUT2D eigenvalue weighted by atomic mass is 10.1. The number of halogens is 1. The fourth-order valence-corrected chi connectivity index (χ4v) is 2.85. The minimum atomic E-state index is -1.24.